The number of aliphatic hydroxyl groups is 1. The Kier molecular flexibility index (Phi) is 6.44. The summed E-state index contributed by atoms with van der Waals surface area (Å²) >= 11 is 3.30. The topological polar surface area (TPSA) is 111 Å². The zero-order chi connectivity index (χ0) is 16.0. The lowest BCUT2D eigenvalue weighted by molar-refractivity contribution is -0.126. The Hall–Kier alpha value is -1.80. The van der Waals surface area contributed by atoms with Crippen LogP contribution in [0.2, 0.25) is 0 Å². The van der Waals surface area contributed by atoms with Crippen LogP contribution in [0, 0.1) is 0 Å². The van der Waals surface area contributed by atoms with Crippen LogP contribution in [0.25, 0.3) is 0 Å². The van der Waals surface area contributed by atoms with Crippen molar-refractivity contribution in [3.8, 4) is 11.5 Å². The summed E-state index contributed by atoms with van der Waals surface area (Å²) in [5.74, 6) is 0.0268. The van der Waals surface area contributed by atoms with Gasteiger partial charge in [0.15, 0.2) is 17.6 Å². The van der Waals surface area contributed by atoms with Crippen molar-refractivity contribution in [2.24, 2.45) is 5.73 Å². The van der Waals surface area contributed by atoms with Crippen LogP contribution in [0.1, 0.15) is 19.4 Å². The largest absolute Gasteiger partial charge is 0.490 e. The molecule has 4 N–H and O–H groups in total. The molecule has 0 fully saturated rings. The molecule has 1 aromatic rings. The number of urea groups is 1. The fraction of sp³-hybridized carbons (Fsp3) is 0.385. The Bertz CT molecular complexity index is 536. The first-order valence-corrected chi connectivity index (χ1v) is 7.01. The van der Waals surface area contributed by atoms with Gasteiger partial charge in [0.05, 0.1) is 17.7 Å². The molecule has 1 unspecified atom stereocenters. The number of aliphatic hydroxyl groups excluding tert-OH is 1. The van der Waals surface area contributed by atoms with E-state index in [-0.39, 0.29) is 6.61 Å². The Balaban J connectivity index is 3.00. The van der Waals surface area contributed by atoms with Crippen LogP contribution in [0.4, 0.5) is 4.79 Å². The number of ether oxygens (including phenoxy) is 2. The number of hydrogen-bond donors (Lipinski definition) is 3. The van der Waals surface area contributed by atoms with E-state index in [0.29, 0.717) is 28.1 Å². The summed E-state index contributed by atoms with van der Waals surface area (Å²) in [6.07, 6.45) is -0.951. The number of primary amides is 1. The summed E-state index contributed by atoms with van der Waals surface area (Å²) in [6, 6.07) is 2.31. The van der Waals surface area contributed by atoms with Gasteiger partial charge in [-0.3, -0.25) is 10.1 Å². The molecule has 1 aromatic carbocycles. The maximum absolute atomic E-state index is 11.6. The average molecular weight is 361 g/mol. The number of imide groups is 1. The highest BCUT2D eigenvalue weighted by atomic mass is 79.9. The van der Waals surface area contributed by atoms with Gasteiger partial charge in [-0.2, -0.15) is 0 Å². The number of benzene rings is 1. The van der Waals surface area contributed by atoms with Gasteiger partial charge in [-0.15, -0.1) is 0 Å². The van der Waals surface area contributed by atoms with Gasteiger partial charge in [0.1, 0.15) is 0 Å². The van der Waals surface area contributed by atoms with Crippen LogP contribution in [-0.2, 0) is 11.4 Å². The van der Waals surface area contributed by atoms with Crippen molar-refractivity contribution < 1.29 is 24.2 Å². The van der Waals surface area contributed by atoms with Crippen molar-refractivity contribution in [2.75, 3.05) is 6.61 Å². The molecule has 0 saturated heterocycles. The van der Waals surface area contributed by atoms with E-state index in [0.717, 1.165) is 0 Å². The number of rotatable bonds is 6. The normalized spacial score (nSPS) is 11.6. The number of nitrogens with two attached hydrogens (primary N) is 1. The molecule has 0 bridgehead atoms. The quantitative estimate of drug-likeness (QED) is 0.707. The number of amides is 3. The lowest BCUT2D eigenvalue weighted by atomic mass is 10.2. The Morgan fingerprint density at radius 1 is 1.48 bits per heavy atom. The van der Waals surface area contributed by atoms with Crippen LogP contribution in [0.5, 0.6) is 11.5 Å². The first-order valence-electron chi connectivity index (χ1n) is 6.22. The third kappa shape index (κ3) is 4.91. The predicted molar refractivity (Wildman–Crippen MR) is 79.0 cm³/mol. The molecular formula is C13H17BrN2O5. The van der Waals surface area contributed by atoms with E-state index in [4.69, 9.17) is 15.2 Å². The van der Waals surface area contributed by atoms with E-state index >= 15 is 0 Å². The van der Waals surface area contributed by atoms with Crippen molar-refractivity contribution in [3.63, 3.8) is 0 Å². The van der Waals surface area contributed by atoms with E-state index in [1.54, 1.807) is 19.1 Å². The SMILES string of the molecule is CCOc1cc(CO)cc(Br)c1OC(C)C(=O)NC(N)=O. The molecule has 21 heavy (non-hydrogen) atoms. The van der Waals surface area contributed by atoms with Crippen LogP contribution >= 0.6 is 15.9 Å². The van der Waals surface area contributed by atoms with Crippen LogP contribution in [-0.4, -0.2) is 29.8 Å². The summed E-state index contributed by atoms with van der Waals surface area (Å²) in [5, 5.41) is 11.1. The average Bonchev–Trinajstić information content (AvgIpc) is 2.41. The van der Waals surface area contributed by atoms with Gasteiger partial charge < -0.3 is 20.3 Å². The van der Waals surface area contributed by atoms with E-state index in [1.165, 1.54) is 6.92 Å². The molecule has 8 heteroatoms. The highest BCUT2D eigenvalue weighted by molar-refractivity contribution is 9.10. The Labute approximate surface area is 130 Å². The maximum atomic E-state index is 11.6. The number of nitrogens with one attached hydrogen (secondary N) is 1. The van der Waals surface area contributed by atoms with Gasteiger partial charge in [-0.25, -0.2) is 4.79 Å². The fourth-order valence-corrected chi connectivity index (χ4v) is 2.13. The van der Waals surface area contributed by atoms with Gasteiger partial charge in [0.2, 0.25) is 0 Å². The number of hydrogen-bond acceptors (Lipinski definition) is 5. The first-order chi connectivity index (χ1) is 9.88. The molecule has 1 rings (SSSR count). The molecule has 3 amide bonds. The zero-order valence-electron chi connectivity index (χ0n) is 11.7. The molecule has 0 radical (unpaired) electrons. The van der Waals surface area contributed by atoms with E-state index in [2.05, 4.69) is 15.9 Å². The molecular weight excluding hydrogens is 344 g/mol. The molecule has 0 aromatic heterocycles. The number of halogens is 1. The van der Waals surface area contributed by atoms with Gasteiger partial charge in [0, 0.05) is 0 Å². The molecule has 7 nitrogen and oxygen atoms in total. The maximum Gasteiger partial charge on any atom is 0.318 e. The van der Waals surface area contributed by atoms with Gasteiger partial charge >= 0.3 is 6.03 Å². The standard InChI is InChI=1S/C13H17BrN2O5/c1-3-20-10-5-8(6-17)4-9(14)11(10)21-7(2)12(18)16-13(15)19/h4-5,7,17H,3,6H2,1-2H3,(H3,15,16,18,19). The lowest BCUT2D eigenvalue weighted by Gasteiger charge is -2.18. The van der Waals surface area contributed by atoms with Crippen LogP contribution in [0.15, 0.2) is 16.6 Å². The molecule has 116 valence electrons. The van der Waals surface area contributed by atoms with E-state index in [9.17, 15) is 14.7 Å². The fourth-order valence-electron chi connectivity index (χ4n) is 1.54. The smallest absolute Gasteiger partial charge is 0.318 e. The van der Waals surface area contributed by atoms with Gasteiger partial charge in [-0.1, -0.05) is 0 Å². The highest BCUT2D eigenvalue weighted by Crippen LogP contribution is 2.37. The van der Waals surface area contributed by atoms with Crippen LogP contribution < -0.4 is 20.5 Å². The third-order valence-corrected chi connectivity index (χ3v) is 3.05. The monoisotopic (exact) mass is 360 g/mol. The Morgan fingerprint density at radius 2 is 2.14 bits per heavy atom. The predicted octanol–water partition coefficient (Wildman–Crippen LogP) is 1.30. The number of carbonyl (C=O) groups excluding carboxylic acids is 2. The minimum atomic E-state index is -0.951. The summed E-state index contributed by atoms with van der Waals surface area (Å²) in [7, 11) is 0. The molecule has 0 aliphatic carbocycles. The third-order valence-electron chi connectivity index (χ3n) is 2.46. The summed E-state index contributed by atoms with van der Waals surface area (Å²) in [5.41, 5.74) is 5.51. The molecule has 1 atom stereocenters. The summed E-state index contributed by atoms with van der Waals surface area (Å²) < 4.78 is 11.5. The van der Waals surface area contributed by atoms with Crippen molar-refractivity contribution >= 4 is 27.9 Å². The summed E-state index contributed by atoms with van der Waals surface area (Å²) in [6.45, 7) is 3.50. The Morgan fingerprint density at radius 3 is 2.67 bits per heavy atom. The molecule has 0 saturated carbocycles. The van der Waals surface area contributed by atoms with E-state index < -0.39 is 18.0 Å². The number of carbonyl (C=O) groups is 2. The van der Waals surface area contributed by atoms with E-state index in [1.807, 2.05) is 5.32 Å². The van der Waals surface area contributed by atoms with Crippen LogP contribution in [0.3, 0.4) is 0 Å². The molecule has 0 spiro atoms. The van der Waals surface area contributed by atoms with Crippen molar-refractivity contribution in [2.45, 2.75) is 26.6 Å². The lowest BCUT2D eigenvalue weighted by Crippen LogP contribution is -2.42. The highest BCUT2D eigenvalue weighted by Gasteiger charge is 2.20. The first kappa shape index (κ1) is 17.3. The second-order valence-corrected chi connectivity index (χ2v) is 4.96. The van der Waals surface area contributed by atoms with Gasteiger partial charge in [0.25, 0.3) is 5.91 Å². The minimum absolute atomic E-state index is 0.156. The van der Waals surface area contributed by atoms with Gasteiger partial charge in [-0.05, 0) is 47.5 Å². The molecule has 0 aliphatic heterocycles. The second kappa shape index (κ2) is 7.84. The van der Waals surface area contributed by atoms with Crippen molar-refractivity contribution in [3.05, 3.63) is 22.2 Å². The van der Waals surface area contributed by atoms with Crippen molar-refractivity contribution in [1.29, 1.82) is 0 Å². The second-order valence-electron chi connectivity index (χ2n) is 4.11. The molecule has 0 heterocycles. The van der Waals surface area contributed by atoms with Crippen molar-refractivity contribution in [1.82, 2.24) is 5.32 Å². The molecule has 0 aliphatic rings. The summed E-state index contributed by atoms with van der Waals surface area (Å²) in [4.78, 5) is 22.3. The minimum Gasteiger partial charge on any atom is -0.490 e. The zero-order valence-corrected chi connectivity index (χ0v) is 13.3.